The third-order valence-electron chi connectivity index (χ3n) is 3.67. The lowest BCUT2D eigenvalue weighted by Gasteiger charge is -2.17. The number of hydrogen-bond acceptors (Lipinski definition) is 7. The van der Waals surface area contributed by atoms with Crippen molar-refractivity contribution in [3.8, 4) is 0 Å². The van der Waals surface area contributed by atoms with Gasteiger partial charge < -0.3 is 0 Å². The quantitative estimate of drug-likeness (QED) is 0.319. The molecule has 0 bridgehead atoms. The summed E-state index contributed by atoms with van der Waals surface area (Å²) in [7, 11) is -3.94. The Hall–Kier alpha value is -2.58. The summed E-state index contributed by atoms with van der Waals surface area (Å²) in [5.41, 5.74) is -5.15. The third kappa shape index (κ3) is 4.23. The van der Waals surface area contributed by atoms with Gasteiger partial charge in [-0.05, 0) is 12.1 Å². The molecule has 0 aromatic heterocycles. The molecule has 0 aliphatic carbocycles. The summed E-state index contributed by atoms with van der Waals surface area (Å²) in [5.74, 6) is -1.03. The van der Waals surface area contributed by atoms with Crippen LogP contribution in [0, 0.1) is 10.1 Å². The maximum Gasteiger partial charge on any atom is 0.428 e. The predicted molar refractivity (Wildman–Crippen MR) is 82.1 cm³/mol. The lowest BCUT2D eigenvalue weighted by atomic mass is 10.0. The van der Waals surface area contributed by atoms with Gasteiger partial charge in [0, 0.05) is 13.0 Å². The second kappa shape index (κ2) is 6.54. The van der Waals surface area contributed by atoms with Gasteiger partial charge in [0.05, 0.1) is 16.9 Å². The fourth-order valence-electron chi connectivity index (χ4n) is 2.38. The zero-order chi connectivity index (χ0) is 20.8. The Kier molecular flexibility index (Phi) is 5.02. The van der Waals surface area contributed by atoms with Crippen LogP contribution in [0.15, 0.2) is 18.2 Å². The fourth-order valence-corrected chi connectivity index (χ4v) is 2.84. The van der Waals surface area contributed by atoms with E-state index < -0.39 is 62.2 Å². The zero-order valence-corrected chi connectivity index (χ0v) is 14.6. The van der Waals surface area contributed by atoms with Crippen LogP contribution < -0.4 is 10.2 Å². The SMILES string of the molecule is CC1(COS(C)(=O)=O)[NH2+]C(=O)N(c2ccc([N+](=O)[O-])c(C(F)(F)F)c2)C1=O. The van der Waals surface area contributed by atoms with Crippen LogP contribution in [-0.2, 0) is 25.3 Å². The number of imide groups is 1. The molecular formula is C13H13F3N3O7S+. The molecule has 10 nitrogen and oxygen atoms in total. The van der Waals surface area contributed by atoms with E-state index in [2.05, 4.69) is 4.18 Å². The van der Waals surface area contributed by atoms with Crippen LogP contribution in [0.5, 0.6) is 0 Å². The summed E-state index contributed by atoms with van der Waals surface area (Å²) < 4.78 is 66.0. The number of quaternary nitrogens is 1. The van der Waals surface area contributed by atoms with Crippen LogP contribution >= 0.6 is 0 Å². The van der Waals surface area contributed by atoms with Crippen LogP contribution in [0.3, 0.4) is 0 Å². The van der Waals surface area contributed by atoms with Gasteiger partial charge in [0.2, 0.25) is 5.54 Å². The predicted octanol–water partition coefficient (Wildman–Crippen LogP) is 0.379. The summed E-state index contributed by atoms with van der Waals surface area (Å²) in [6.07, 6.45) is -4.38. The first-order valence-electron chi connectivity index (χ1n) is 7.10. The van der Waals surface area contributed by atoms with Crippen LogP contribution in [0.4, 0.5) is 29.3 Å². The highest BCUT2D eigenvalue weighted by atomic mass is 32.2. The summed E-state index contributed by atoms with van der Waals surface area (Å²) in [5, 5.41) is 11.6. The van der Waals surface area contributed by atoms with Crippen molar-refractivity contribution in [2.24, 2.45) is 0 Å². The van der Waals surface area contributed by atoms with E-state index in [9.17, 15) is 41.3 Å². The van der Waals surface area contributed by atoms with Gasteiger partial charge >= 0.3 is 18.1 Å². The van der Waals surface area contributed by atoms with E-state index in [1.54, 1.807) is 0 Å². The number of rotatable bonds is 5. The number of halogens is 3. The van der Waals surface area contributed by atoms with Crippen molar-refractivity contribution in [3.63, 3.8) is 0 Å². The second-order valence-corrected chi connectivity index (χ2v) is 7.61. The molecule has 1 heterocycles. The number of alkyl halides is 3. The smallest absolute Gasteiger partial charge is 0.266 e. The van der Waals surface area contributed by atoms with E-state index in [1.165, 1.54) is 6.92 Å². The highest BCUT2D eigenvalue weighted by Crippen LogP contribution is 2.38. The van der Waals surface area contributed by atoms with Gasteiger partial charge in [-0.25, -0.2) is 10.1 Å². The number of carbonyl (C=O) groups excluding carboxylic acids is 2. The Balaban J connectivity index is 2.45. The molecule has 1 fully saturated rings. The molecule has 1 aliphatic rings. The Bertz CT molecular complexity index is 932. The Morgan fingerprint density at radius 3 is 2.41 bits per heavy atom. The molecule has 1 atom stereocenters. The molecule has 1 unspecified atom stereocenters. The Morgan fingerprint density at radius 1 is 1.33 bits per heavy atom. The fraction of sp³-hybridized carbons (Fsp3) is 0.385. The number of urea groups is 1. The average Bonchev–Trinajstić information content (AvgIpc) is 2.73. The maximum atomic E-state index is 13.1. The minimum atomic E-state index is -5.10. The van der Waals surface area contributed by atoms with Crippen molar-refractivity contribution in [2.75, 3.05) is 17.8 Å². The first-order chi connectivity index (χ1) is 12.2. The molecule has 1 saturated heterocycles. The van der Waals surface area contributed by atoms with Gasteiger partial charge in [0.25, 0.3) is 15.8 Å². The lowest BCUT2D eigenvalue weighted by Crippen LogP contribution is -2.97. The van der Waals surface area contributed by atoms with Crippen molar-refractivity contribution in [3.05, 3.63) is 33.9 Å². The van der Waals surface area contributed by atoms with Crippen LogP contribution in [0.2, 0.25) is 0 Å². The number of nitro groups is 1. The van der Waals surface area contributed by atoms with Crippen molar-refractivity contribution in [1.82, 2.24) is 0 Å². The summed E-state index contributed by atoms with van der Waals surface area (Å²) in [4.78, 5) is 34.6. The van der Waals surface area contributed by atoms with Gasteiger partial charge in [-0.1, -0.05) is 0 Å². The van der Waals surface area contributed by atoms with E-state index >= 15 is 0 Å². The van der Waals surface area contributed by atoms with Crippen molar-refractivity contribution in [1.29, 1.82) is 0 Å². The second-order valence-electron chi connectivity index (χ2n) is 5.96. The normalized spacial score (nSPS) is 21.0. The van der Waals surface area contributed by atoms with Gasteiger partial charge in [-0.3, -0.25) is 19.1 Å². The standard InChI is InChI=1S/C13H12F3N3O7S/c1-12(6-26-27(2,24)25)10(20)18(11(21)17-12)7-3-4-9(19(22)23)8(5-7)13(14,15)16/h3-5H,6H2,1-2H3,(H,17,21)/p+1. The summed E-state index contributed by atoms with van der Waals surface area (Å²) >= 11 is 0. The van der Waals surface area contributed by atoms with E-state index in [-0.39, 0.29) is 0 Å². The zero-order valence-electron chi connectivity index (χ0n) is 13.8. The molecule has 1 aliphatic heterocycles. The number of benzene rings is 1. The van der Waals surface area contributed by atoms with E-state index in [4.69, 9.17) is 0 Å². The molecule has 1 aromatic rings. The van der Waals surface area contributed by atoms with Gasteiger partial charge in [-0.15, -0.1) is 0 Å². The minimum absolute atomic E-state index is 0.310. The van der Waals surface area contributed by atoms with E-state index in [0.717, 1.165) is 17.6 Å². The third-order valence-corrected chi connectivity index (χ3v) is 4.21. The van der Waals surface area contributed by atoms with E-state index in [0.29, 0.717) is 17.0 Å². The molecule has 2 N–H and O–H groups in total. The van der Waals surface area contributed by atoms with Crippen LogP contribution in [0.25, 0.3) is 0 Å². The van der Waals surface area contributed by atoms with Crippen molar-refractivity contribution < 1.29 is 45.6 Å². The molecular weight excluding hydrogens is 399 g/mol. The summed E-state index contributed by atoms with van der Waals surface area (Å²) in [6, 6.07) is 0.647. The highest BCUT2D eigenvalue weighted by molar-refractivity contribution is 7.85. The molecule has 3 amide bonds. The first-order valence-corrected chi connectivity index (χ1v) is 8.92. The van der Waals surface area contributed by atoms with Crippen molar-refractivity contribution in [2.45, 2.75) is 18.6 Å². The number of nitrogens with zero attached hydrogens (tertiary/aromatic N) is 2. The van der Waals surface area contributed by atoms with Crippen molar-refractivity contribution >= 4 is 33.4 Å². The van der Waals surface area contributed by atoms with Crippen LogP contribution in [-0.4, -0.2) is 43.7 Å². The largest absolute Gasteiger partial charge is 0.428 e. The molecule has 27 heavy (non-hydrogen) atoms. The average molecular weight is 412 g/mol. The summed E-state index contributed by atoms with van der Waals surface area (Å²) in [6.45, 7) is 0.445. The number of nitro benzene ring substituents is 1. The van der Waals surface area contributed by atoms with Gasteiger partial charge in [0.1, 0.15) is 12.2 Å². The molecule has 14 heteroatoms. The molecule has 0 spiro atoms. The highest BCUT2D eigenvalue weighted by Gasteiger charge is 2.55. The van der Waals surface area contributed by atoms with Crippen LogP contribution in [0.1, 0.15) is 12.5 Å². The molecule has 1 aromatic carbocycles. The number of nitrogens with two attached hydrogens (primary N) is 1. The monoisotopic (exact) mass is 412 g/mol. The number of hydrogen-bond donors (Lipinski definition) is 1. The number of primary amides is 1. The van der Waals surface area contributed by atoms with Gasteiger partial charge in [-0.2, -0.15) is 26.5 Å². The number of anilines is 1. The Labute approximate surface area is 150 Å². The molecule has 0 saturated carbocycles. The topological polar surface area (TPSA) is 140 Å². The van der Waals surface area contributed by atoms with Gasteiger partial charge in [0.15, 0.2) is 0 Å². The minimum Gasteiger partial charge on any atom is -0.266 e. The number of amides is 3. The van der Waals surface area contributed by atoms with E-state index in [1.807, 2.05) is 0 Å². The molecule has 2 rings (SSSR count). The molecule has 0 radical (unpaired) electrons. The maximum absolute atomic E-state index is 13.1. The number of carbonyl (C=O) groups is 2. The first kappa shape index (κ1) is 20.7. The lowest BCUT2D eigenvalue weighted by molar-refractivity contribution is -0.609. The molecule has 148 valence electrons. The Morgan fingerprint density at radius 2 is 1.93 bits per heavy atom.